The second-order valence-electron chi connectivity index (χ2n) is 2.22. The molecule has 2 rings (SSSR count). The molecule has 0 saturated heterocycles. The summed E-state index contributed by atoms with van der Waals surface area (Å²) < 4.78 is 0. The number of rotatable bonds is 1. The van der Waals surface area contributed by atoms with E-state index >= 15 is 0 Å². The molecule has 60 valence electrons. The van der Waals surface area contributed by atoms with Crippen molar-refractivity contribution < 1.29 is 4.92 Å². The predicted octanol–water partition coefficient (Wildman–Crippen LogP) is 0.866. The predicted molar refractivity (Wildman–Crippen MR) is 40.5 cm³/mol. The van der Waals surface area contributed by atoms with Gasteiger partial charge in [-0.15, -0.1) is 5.10 Å². The first-order valence-corrected chi connectivity index (χ1v) is 3.21. The van der Waals surface area contributed by atoms with E-state index < -0.39 is 4.92 Å². The monoisotopic (exact) mass is 164 g/mol. The van der Waals surface area contributed by atoms with Crippen LogP contribution in [0.5, 0.6) is 0 Å². The van der Waals surface area contributed by atoms with Crippen LogP contribution in [0.1, 0.15) is 0 Å². The Labute approximate surface area is 66.4 Å². The smallest absolute Gasteiger partial charge is 0.350 e. The fourth-order valence-corrected chi connectivity index (χ4v) is 0.988. The third kappa shape index (κ3) is 0.815. The molecule has 0 saturated carbocycles. The van der Waals surface area contributed by atoms with Crippen molar-refractivity contribution in [3.63, 3.8) is 0 Å². The van der Waals surface area contributed by atoms with Gasteiger partial charge in [-0.25, -0.2) is 0 Å². The van der Waals surface area contributed by atoms with Gasteiger partial charge >= 0.3 is 5.82 Å². The first kappa shape index (κ1) is 6.71. The summed E-state index contributed by atoms with van der Waals surface area (Å²) in [6.45, 7) is 0. The maximum absolute atomic E-state index is 10.4. The average molecular weight is 164 g/mol. The molecule has 0 bridgehead atoms. The minimum atomic E-state index is -0.505. The molecule has 0 atom stereocenters. The van der Waals surface area contributed by atoms with E-state index in [4.69, 9.17) is 0 Å². The molecule has 0 aliphatic carbocycles. The summed E-state index contributed by atoms with van der Waals surface area (Å²) in [7, 11) is 0. The van der Waals surface area contributed by atoms with Gasteiger partial charge in [0.05, 0.1) is 6.20 Å². The first-order chi connectivity index (χ1) is 5.79. The number of nitrogens with zero attached hydrogens (tertiary/aromatic N) is 3. The summed E-state index contributed by atoms with van der Waals surface area (Å²) >= 11 is 0. The Bertz CT molecular complexity index is 436. The number of H-pyrrole nitrogens is 1. The Balaban J connectivity index is 2.79. The zero-order valence-electron chi connectivity index (χ0n) is 5.89. The summed E-state index contributed by atoms with van der Waals surface area (Å²) in [4.78, 5) is 13.7. The van der Waals surface area contributed by atoms with Crippen LogP contribution in [0.3, 0.4) is 0 Å². The highest BCUT2D eigenvalue weighted by Crippen LogP contribution is 2.19. The van der Waals surface area contributed by atoms with Crippen LogP contribution in [0.2, 0.25) is 0 Å². The molecule has 6 heteroatoms. The number of hydrogen-bond donors (Lipinski definition) is 1. The topological polar surface area (TPSA) is 84.7 Å². The molecule has 0 aliphatic rings. The molecule has 0 fully saturated rings. The zero-order valence-corrected chi connectivity index (χ0v) is 5.89. The highest BCUT2D eigenvalue weighted by molar-refractivity contribution is 5.85. The molecule has 2 aromatic rings. The highest BCUT2D eigenvalue weighted by Gasteiger charge is 2.12. The van der Waals surface area contributed by atoms with E-state index in [0.29, 0.717) is 10.9 Å². The lowest BCUT2D eigenvalue weighted by Gasteiger charge is -1.88. The van der Waals surface area contributed by atoms with Gasteiger partial charge in [-0.1, -0.05) is 5.10 Å². The van der Waals surface area contributed by atoms with Gasteiger partial charge in [0.15, 0.2) is 0 Å². The summed E-state index contributed by atoms with van der Waals surface area (Å²) in [5.74, 6) is -0.0904. The highest BCUT2D eigenvalue weighted by atomic mass is 16.6. The van der Waals surface area contributed by atoms with Crippen LogP contribution in [0, 0.1) is 10.1 Å². The Morgan fingerprint density at radius 3 is 3.17 bits per heavy atom. The van der Waals surface area contributed by atoms with Crippen LogP contribution in [-0.2, 0) is 0 Å². The van der Waals surface area contributed by atoms with Crippen molar-refractivity contribution in [3.05, 3.63) is 28.6 Å². The number of nitro groups is 1. The van der Waals surface area contributed by atoms with Crippen LogP contribution in [0.15, 0.2) is 18.5 Å². The van der Waals surface area contributed by atoms with Crippen LogP contribution in [0.4, 0.5) is 5.82 Å². The summed E-state index contributed by atoms with van der Waals surface area (Å²) in [6.07, 6.45) is 2.96. The fourth-order valence-electron chi connectivity index (χ4n) is 0.988. The molecular formula is C6H4N4O2. The molecule has 0 amide bonds. The second-order valence-corrected chi connectivity index (χ2v) is 2.22. The Kier molecular flexibility index (Phi) is 1.26. The maximum atomic E-state index is 10.4. The van der Waals surface area contributed by atoms with E-state index in [0.717, 1.165) is 0 Å². The lowest BCUT2D eigenvalue weighted by Crippen LogP contribution is -1.87. The van der Waals surface area contributed by atoms with Gasteiger partial charge in [0, 0.05) is 6.20 Å². The van der Waals surface area contributed by atoms with E-state index in [1.165, 1.54) is 12.4 Å². The zero-order chi connectivity index (χ0) is 8.55. The van der Waals surface area contributed by atoms with Gasteiger partial charge in [-0.3, -0.25) is 4.98 Å². The van der Waals surface area contributed by atoms with Gasteiger partial charge in [0.2, 0.25) is 0 Å². The molecule has 0 aliphatic heterocycles. The molecule has 0 aromatic carbocycles. The number of nitrogens with one attached hydrogen (secondary N) is 1. The van der Waals surface area contributed by atoms with E-state index in [1.807, 2.05) is 0 Å². The van der Waals surface area contributed by atoms with Crippen LogP contribution in [0.25, 0.3) is 10.9 Å². The molecule has 12 heavy (non-hydrogen) atoms. The normalized spacial score (nSPS) is 10.3. The Morgan fingerprint density at radius 2 is 2.42 bits per heavy atom. The molecule has 2 aromatic heterocycles. The second kappa shape index (κ2) is 2.26. The van der Waals surface area contributed by atoms with Gasteiger partial charge in [-0.05, 0) is 11.0 Å². The number of hydrogen-bond acceptors (Lipinski definition) is 4. The van der Waals surface area contributed by atoms with E-state index in [9.17, 15) is 10.1 Å². The van der Waals surface area contributed by atoms with Crippen LogP contribution >= 0.6 is 0 Å². The van der Waals surface area contributed by atoms with Crippen LogP contribution < -0.4 is 0 Å². The minimum absolute atomic E-state index is 0.0904. The van der Waals surface area contributed by atoms with Crippen molar-refractivity contribution in [2.24, 2.45) is 0 Å². The quantitative estimate of drug-likeness (QED) is 0.500. The van der Waals surface area contributed by atoms with Crippen molar-refractivity contribution in [1.82, 2.24) is 15.2 Å². The van der Waals surface area contributed by atoms with Crippen molar-refractivity contribution in [2.45, 2.75) is 0 Å². The lowest BCUT2D eigenvalue weighted by molar-refractivity contribution is -0.387. The van der Waals surface area contributed by atoms with Crippen molar-refractivity contribution in [3.8, 4) is 0 Å². The average Bonchev–Trinajstić information content (AvgIpc) is 2.47. The summed E-state index contributed by atoms with van der Waals surface area (Å²) in [5.41, 5.74) is 0.504. The van der Waals surface area contributed by atoms with Gasteiger partial charge in [-0.2, -0.15) is 0 Å². The number of pyridine rings is 1. The third-order valence-electron chi connectivity index (χ3n) is 1.52. The number of fused-ring (bicyclic) bond motifs is 1. The molecule has 0 spiro atoms. The Hall–Kier alpha value is -1.98. The van der Waals surface area contributed by atoms with Gasteiger partial charge < -0.3 is 10.1 Å². The van der Waals surface area contributed by atoms with E-state index in [2.05, 4.69) is 15.2 Å². The van der Waals surface area contributed by atoms with Crippen molar-refractivity contribution >= 4 is 16.7 Å². The van der Waals surface area contributed by atoms with Crippen LogP contribution in [-0.4, -0.2) is 20.1 Å². The summed E-state index contributed by atoms with van der Waals surface area (Å²) in [5, 5.41) is 16.9. The molecule has 1 N–H and O–H groups in total. The minimum Gasteiger partial charge on any atom is -0.358 e. The summed E-state index contributed by atoms with van der Waals surface area (Å²) in [6, 6.07) is 1.55. The Morgan fingerprint density at radius 1 is 1.58 bits per heavy atom. The molecular weight excluding hydrogens is 160 g/mol. The van der Waals surface area contributed by atoms with Crippen molar-refractivity contribution in [1.29, 1.82) is 0 Å². The number of aromatic amines is 1. The van der Waals surface area contributed by atoms with Crippen molar-refractivity contribution in [2.75, 3.05) is 0 Å². The molecule has 0 unspecified atom stereocenters. The fraction of sp³-hybridized carbons (Fsp3) is 0. The SMILES string of the molecule is O=[N+]([O-])c1[nH]nc2cnccc12. The molecule has 2 heterocycles. The van der Waals surface area contributed by atoms with E-state index in [-0.39, 0.29) is 5.82 Å². The largest absolute Gasteiger partial charge is 0.358 e. The first-order valence-electron chi connectivity index (χ1n) is 3.21. The van der Waals surface area contributed by atoms with Gasteiger partial charge in [0.1, 0.15) is 10.9 Å². The standard InChI is InChI=1S/C6H4N4O2/c11-10(12)6-4-1-2-7-3-5(4)8-9-6/h1-3H,(H,8,9). The molecule has 0 radical (unpaired) electrons. The third-order valence-corrected chi connectivity index (χ3v) is 1.52. The maximum Gasteiger partial charge on any atom is 0.350 e. The lowest BCUT2D eigenvalue weighted by atomic mass is 10.3. The molecule has 6 nitrogen and oxygen atoms in total. The number of aromatic nitrogens is 3. The van der Waals surface area contributed by atoms with Gasteiger partial charge in [0.25, 0.3) is 0 Å². The van der Waals surface area contributed by atoms with E-state index in [1.54, 1.807) is 6.07 Å².